The Balaban J connectivity index is 0.00000225. The third-order valence-electron chi connectivity index (χ3n) is 4.43. The van der Waals surface area contributed by atoms with E-state index in [-0.39, 0.29) is 55.3 Å². The summed E-state index contributed by atoms with van der Waals surface area (Å²) in [4.78, 5) is 21.2. The number of morpholine rings is 1. The largest absolute Gasteiger partial charge is 1.00 e. The Labute approximate surface area is 193 Å². The Hall–Kier alpha value is -1.81. The maximum absolute atomic E-state index is 10.9. The van der Waals surface area contributed by atoms with Gasteiger partial charge >= 0.3 is 35.5 Å². The van der Waals surface area contributed by atoms with Gasteiger partial charge in [-0.2, -0.15) is 0 Å². The second kappa shape index (κ2) is 12.0. The molecular formula is C20H25N4NaO4. The number of aromatic nitrogens is 2. The third-order valence-corrected chi connectivity index (χ3v) is 4.43. The van der Waals surface area contributed by atoms with Crippen LogP contribution in [0.25, 0.3) is 6.08 Å². The van der Waals surface area contributed by atoms with Crippen molar-refractivity contribution in [2.24, 2.45) is 0 Å². The van der Waals surface area contributed by atoms with Crippen molar-refractivity contribution >= 4 is 18.0 Å². The first kappa shape index (κ1) is 23.5. The van der Waals surface area contributed by atoms with E-state index in [4.69, 9.17) is 9.84 Å². The van der Waals surface area contributed by atoms with E-state index in [1.165, 1.54) is 12.4 Å². The van der Waals surface area contributed by atoms with E-state index in [2.05, 4.69) is 15.3 Å². The fourth-order valence-corrected chi connectivity index (χ4v) is 2.89. The van der Waals surface area contributed by atoms with Crippen LogP contribution >= 0.6 is 0 Å². The smallest absolute Gasteiger partial charge is 1.00 e. The molecule has 0 saturated carbocycles. The van der Waals surface area contributed by atoms with Crippen LogP contribution in [0.4, 0.5) is 5.95 Å². The molecular weight excluding hydrogens is 383 g/mol. The number of ether oxygens (including phenoxy) is 1. The average Bonchev–Trinajstić information content (AvgIpc) is 2.75. The summed E-state index contributed by atoms with van der Waals surface area (Å²) in [5, 5.41) is 21.8. The van der Waals surface area contributed by atoms with Gasteiger partial charge in [0, 0.05) is 38.1 Å². The van der Waals surface area contributed by atoms with Crippen molar-refractivity contribution in [3.8, 4) is 0 Å². The van der Waals surface area contributed by atoms with Crippen molar-refractivity contribution in [1.29, 1.82) is 0 Å². The van der Waals surface area contributed by atoms with Gasteiger partial charge in [-0.1, -0.05) is 42.5 Å². The molecule has 0 bridgehead atoms. The molecule has 3 N–H and O–H groups in total. The first-order valence-electron chi connectivity index (χ1n) is 9.15. The van der Waals surface area contributed by atoms with Crippen LogP contribution in [-0.2, 0) is 4.74 Å². The van der Waals surface area contributed by atoms with Gasteiger partial charge in [0.1, 0.15) is 0 Å². The molecule has 1 fully saturated rings. The number of hydrogen-bond acceptors (Lipinski definition) is 7. The van der Waals surface area contributed by atoms with Crippen molar-refractivity contribution in [3.05, 3.63) is 59.9 Å². The van der Waals surface area contributed by atoms with Gasteiger partial charge in [0.25, 0.3) is 0 Å². The maximum Gasteiger partial charge on any atom is 1.00 e. The molecule has 3 rings (SSSR count). The van der Waals surface area contributed by atoms with Crippen molar-refractivity contribution in [1.82, 2.24) is 15.3 Å². The van der Waals surface area contributed by atoms with Crippen LogP contribution in [0.5, 0.6) is 0 Å². The average molecular weight is 408 g/mol. The third kappa shape index (κ3) is 7.18. The Kier molecular flexibility index (Phi) is 9.72. The molecule has 2 unspecified atom stereocenters. The Bertz CT molecular complexity index is 795. The summed E-state index contributed by atoms with van der Waals surface area (Å²) in [6.45, 7) is 2.30. The van der Waals surface area contributed by atoms with Gasteiger partial charge < -0.3 is 26.6 Å². The number of nitrogens with one attached hydrogen (secondary N) is 1. The van der Waals surface area contributed by atoms with E-state index in [0.29, 0.717) is 32.2 Å². The number of carboxylic acid groups (broad SMARTS) is 1. The Morgan fingerprint density at radius 1 is 1.34 bits per heavy atom. The van der Waals surface area contributed by atoms with Gasteiger partial charge in [-0.3, -0.25) is 0 Å². The minimum atomic E-state index is -1.05. The van der Waals surface area contributed by atoms with Crippen LogP contribution in [0.15, 0.2) is 48.8 Å². The van der Waals surface area contributed by atoms with Crippen molar-refractivity contribution in [3.63, 3.8) is 0 Å². The number of anilines is 1. The normalized spacial score (nSPS) is 17.7. The summed E-state index contributed by atoms with van der Waals surface area (Å²) in [6, 6.07) is 9.73. The van der Waals surface area contributed by atoms with Gasteiger partial charge in [-0.05, 0) is 5.56 Å². The van der Waals surface area contributed by atoms with Gasteiger partial charge in [-0.15, -0.1) is 0 Å². The summed E-state index contributed by atoms with van der Waals surface area (Å²) in [6.07, 6.45) is 6.44. The van der Waals surface area contributed by atoms with Crippen molar-refractivity contribution in [2.75, 3.05) is 37.7 Å². The number of hydrogen-bond donors (Lipinski definition) is 3. The number of aromatic carboxylic acids is 1. The molecule has 150 valence electrons. The Morgan fingerprint density at radius 3 is 2.72 bits per heavy atom. The van der Waals surface area contributed by atoms with Gasteiger partial charge in [0.2, 0.25) is 5.95 Å². The zero-order chi connectivity index (χ0) is 19.8. The SMILES string of the molecule is O=C(O)c1cnc(N2CCOC(CNC(/C=C/c3ccccc3)CO)C2)nc1.[H-].[Na+]. The summed E-state index contributed by atoms with van der Waals surface area (Å²) in [5.74, 6) is -0.560. The number of aliphatic hydroxyl groups is 1. The summed E-state index contributed by atoms with van der Waals surface area (Å²) >= 11 is 0. The zero-order valence-electron chi connectivity index (χ0n) is 17.4. The molecule has 0 amide bonds. The number of carboxylic acids is 1. The molecule has 2 aromatic rings. The van der Waals surface area contributed by atoms with E-state index in [9.17, 15) is 9.90 Å². The fraction of sp³-hybridized carbons (Fsp3) is 0.350. The summed E-state index contributed by atoms with van der Waals surface area (Å²) in [7, 11) is 0. The predicted octanol–water partition coefficient (Wildman–Crippen LogP) is -1.84. The predicted molar refractivity (Wildman–Crippen MR) is 106 cm³/mol. The molecule has 1 saturated heterocycles. The van der Waals surface area contributed by atoms with Crippen LogP contribution in [0, 0.1) is 0 Å². The summed E-state index contributed by atoms with van der Waals surface area (Å²) < 4.78 is 5.79. The first-order valence-corrected chi connectivity index (χ1v) is 9.15. The van der Waals surface area contributed by atoms with Crippen LogP contribution in [0.2, 0.25) is 0 Å². The Morgan fingerprint density at radius 2 is 2.07 bits per heavy atom. The van der Waals surface area contributed by atoms with Gasteiger partial charge in [0.15, 0.2) is 0 Å². The van der Waals surface area contributed by atoms with Gasteiger partial charge in [-0.25, -0.2) is 14.8 Å². The standard InChI is InChI=1S/C20H24N4O4.Na.H/c25-14-17(7-6-15-4-2-1-3-5-15)21-12-18-13-24(8-9-28-18)20-22-10-16(11-23-20)19(26)27;;/h1-7,10-11,17-18,21,25H,8-9,12-14H2,(H,26,27);;/q;+1;-1/b7-6+;;. The van der Waals surface area contributed by atoms with E-state index >= 15 is 0 Å². The second-order valence-corrected chi connectivity index (χ2v) is 6.48. The first-order chi connectivity index (χ1) is 13.7. The minimum absolute atomic E-state index is 0. The molecule has 9 heteroatoms. The molecule has 1 aliphatic rings. The molecule has 1 aromatic heterocycles. The monoisotopic (exact) mass is 408 g/mol. The van der Waals surface area contributed by atoms with Crippen molar-refractivity contribution < 1.29 is 50.7 Å². The molecule has 1 aliphatic heterocycles. The van der Waals surface area contributed by atoms with E-state index in [1.807, 2.05) is 47.4 Å². The molecule has 0 spiro atoms. The molecule has 2 atom stereocenters. The van der Waals surface area contributed by atoms with Crippen LogP contribution in [-0.4, -0.2) is 71.1 Å². The van der Waals surface area contributed by atoms with E-state index < -0.39 is 5.97 Å². The van der Waals surface area contributed by atoms with E-state index in [0.717, 1.165) is 5.56 Å². The molecule has 0 radical (unpaired) electrons. The maximum atomic E-state index is 10.9. The quantitative estimate of drug-likeness (QED) is 0.438. The number of carbonyl (C=O) groups is 1. The van der Waals surface area contributed by atoms with Crippen molar-refractivity contribution in [2.45, 2.75) is 12.1 Å². The summed E-state index contributed by atoms with van der Waals surface area (Å²) in [5.41, 5.74) is 1.14. The molecule has 2 heterocycles. The number of nitrogens with zero attached hydrogens (tertiary/aromatic N) is 3. The van der Waals surface area contributed by atoms with Gasteiger partial charge in [0.05, 0.1) is 24.9 Å². The fourth-order valence-electron chi connectivity index (χ4n) is 2.89. The topological polar surface area (TPSA) is 108 Å². The number of benzene rings is 1. The number of rotatable bonds is 8. The van der Waals surface area contributed by atoms with Crippen LogP contribution in [0.3, 0.4) is 0 Å². The molecule has 0 aliphatic carbocycles. The van der Waals surface area contributed by atoms with Crippen LogP contribution < -0.4 is 39.8 Å². The van der Waals surface area contributed by atoms with Crippen LogP contribution in [0.1, 0.15) is 17.3 Å². The molecule has 29 heavy (non-hydrogen) atoms. The molecule has 8 nitrogen and oxygen atoms in total. The second-order valence-electron chi connectivity index (χ2n) is 6.48. The zero-order valence-corrected chi connectivity index (χ0v) is 18.4. The van der Waals surface area contributed by atoms with E-state index in [1.54, 1.807) is 0 Å². The minimum Gasteiger partial charge on any atom is -1.00 e. The molecule has 1 aromatic carbocycles. The number of aliphatic hydroxyl groups excluding tert-OH is 1.